The maximum absolute atomic E-state index is 13.7. The molecule has 0 aliphatic heterocycles. The molecule has 100 valence electrons. The third-order valence-corrected chi connectivity index (χ3v) is 3.96. The van der Waals surface area contributed by atoms with Crippen LogP contribution in [0.5, 0.6) is 0 Å². The topological polar surface area (TPSA) is 68.1 Å². The number of hydrogen-bond donors (Lipinski definition) is 1. The molecule has 1 heterocycles. The van der Waals surface area contributed by atoms with Crippen molar-refractivity contribution in [3.8, 4) is 0 Å². The van der Waals surface area contributed by atoms with Gasteiger partial charge in [-0.05, 0) is 22.0 Å². The number of aromatic nitrogens is 1. The van der Waals surface area contributed by atoms with E-state index in [-0.39, 0.29) is 15.8 Å². The Balaban J connectivity index is 2.17. The summed E-state index contributed by atoms with van der Waals surface area (Å²) in [5.74, 6) is -0.689. The van der Waals surface area contributed by atoms with Crippen LogP contribution in [-0.4, -0.2) is 9.91 Å². The minimum absolute atomic E-state index is 0.169. The summed E-state index contributed by atoms with van der Waals surface area (Å²) in [6.45, 7) is 0.339. The van der Waals surface area contributed by atoms with E-state index in [1.165, 1.54) is 17.4 Å². The Hall–Kier alpha value is -1.25. The fraction of sp³-hybridized carbons (Fsp3) is 0.100. The minimum atomic E-state index is -0.689. The summed E-state index contributed by atoms with van der Waals surface area (Å²) in [6, 6.07) is 2.20. The monoisotopic (exact) mass is 365 g/mol. The number of anilines is 1. The number of nitro benzene ring substituents is 1. The zero-order chi connectivity index (χ0) is 14.0. The molecule has 0 fully saturated rings. The molecule has 0 saturated heterocycles. The van der Waals surface area contributed by atoms with Crippen molar-refractivity contribution < 1.29 is 9.31 Å². The molecule has 0 saturated carbocycles. The summed E-state index contributed by atoms with van der Waals surface area (Å²) in [5.41, 5.74) is -0.147. The van der Waals surface area contributed by atoms with E-state index in [0.717, 1.165) is 10.9 Å². The zero-order valence-corrected chi connectivity index (χ0v) is 12.4. The number of hydrogen-bond acceptors (Lipinski definition) is 5. The van der Waals surface area contributed by atoms with Gasteiger partial charge in [-0.1, -0.05) is 11.6 Å². The lowest BCUT2D eigenvalue weighted by Crippen LogP contribution is -2.01. The van der Waals surface area contributed by atoms with Crippen LogP contribution < -0.4 is 5.32 Å². The normalized spacial score (nSPS) is 10.5. The second kappa shape index (κ2) is 5.81. The van der Waals surface area contributed by atoms with Crippen LogP contribution >= 0.6 is 38.9 Å². The highest BCUT2D eigenvalue weighted by Gasteiger charge is 2.16. The van der Waals surface area contributed by atoms with Crippen molar-refractivity contribution in [3.05, 3.63) is 48.1 Å². The van der Waals surface area contributed by atoms with Crippen molar-refractivity contribution in [3.63, 3.8) is 0 Å². The average molecular weight is 367 g/mol. The van der Waals surface area contributed by atoms with Crippen LogP contribution in [0.1, 0.15) is 4.88 Å². The van der Waals surface area contributed by atoms with Crippen LogP contribution in [0.15, 0.2) is 22.8 Å². The van der Waals surface area contributed by atoms with Gasteiger partial charge in [0.25, 0.3) is 5.69 Å². The number of nitro groups is 1. The average Bonchev–Trinajstić information content (AvgIpc) is 2.75. The summed E-state index contributed by atoms with van der Waals surface area (Å²) in [4.78, 5) is 14.7. The molecule has 2 rings (SSSR count). The second-order valence-corrected chi connectivity index (χ2v) is 6.03. The summed E-state index contributed by atoms with van der Waals surface area (Å²) in [5, 5.41) is 13.5. The van der Waals surface area contributed by atoms with Gasteiger partial charge < -0.3 is 5.32 Å². The minimum Gasteiger partial charge on any atom is -0.378 e. The Labute approximate surface area is 124 Å². The van der Waals surface area contributed by atoms with Gasteiger partial charge in [0.1, 0.15) is 0 Å². The standard InChI is InChI=1S/C10H6BrClFN3O2S/c11-6-1-8(7(13)2-9(6)16(17)18)14-3-5-4-15-10(12)19-5/h1-2,4,14H,3H2. The fourth-order valence-electron chi connectivity index (χ4n) is 1.36. The molecular weight excluding hydrogens is 361 g/mol. The first-order valence-electron chi connectivity index (χ1n) is 4.95. The maximum Gasteiger partial charge on any atom is 0.286 e. The highest BCUT2D eigenvalue weighted by atomic mass is 79.9. The quantitative estimate of drug-likeness (QED) is 0.650. The molecule has 5 nitrogen and oxygen atoms in total. The van der Waals surface area contributed by atoms with Crippen LogP contribution in [0.3, 0.4) is 0 Å². The predicted molar refractivity (Wildman–Crippen MR) is 75.2 cm³/mol. The molecular formula is C10H6BrClFN3O2S. The van der Waals surface area contributed by atoms with Gasteiger partial charge in [-0.2, -0.15) is 0 Å². The first-order valence-corrected chi connectivity index (χ1v) is 6.93. The molecule has 0 spiro atoms. The highest BCUT2D eigenvalue weighted by molar-refractivity contribution is 9.10. The van der Waals surface area contributed by atoms with Crippen molar-refractivity contribution in [2.75, 3.05) is 5.32 Å². The number of rotatable bonds is 4. The maximum atomic E-state index is 13.7. The van der Waals surface area contributed by atoms with E-state index >= 15 is 0 Å². The van der Waals surface area contributed by atoms with E-state index in [0.29, 0.717) is 11.0 Å². The lowest BCUT2D eigenvalue weighted by molar-refractivity contribution is -0.385. The van der Waals surface area contributed by atoms with Crippen LogP contribution in [0.25, 0.3) is 0 Å². The first-order chi connectivity index (χ1) is 8.97. The first kappa shape index (κ1) is 14.2. The molecule has 0 aliphatic carbocycles. The largest absolute Gasteiger partial charge is 0.378 e. The smallest absolute Gasteiger partial charge is 0.286 e. The molecule has 1 aromatic heterocycles. The van der Waals surface area contributed by atoms with Gasteiger partial charge in [-0.3, -0.25) is 10.1 Å². The molecule has 1 aromatic carbocycles. The van der Waals surface area contributed by atoms with Crippen LogP contribution in [0.4, 0.5) is 15.8 Å². The van der Waals surface area contributed by atoms with E-state index in [1.807, 2.05) is 0 Å². The molecule has 0 amide bonds. The van der Waals surface area contributed by atoms with Crippen LogP contribution in [0.2, 0.25) is 4.47 Å². The summed E-state index contributed by atoms with van der Waals surface area (Å²) in [6.07, 6.45) is 1.58. The SMILES string of the molecule is O=[N+]([O-])c1cc(F)c(NCc2cnc(Cl)s2)cc1Br. The van der Waals surface area contributed by atoms with Gasteiger partial charge in [0.15, 0.2) is 10.3 Å². The number of nitrogens with zero attached hydrogens (tertiary/aromatic N) is 2. The van der Waals surface area contributed by atoms with Gasteiger partial charge in [-0.15, -0.1) is 11.3 Å². The molecule has 0 bridgehead atoms. The van der Waals surface area contributed by atoms with E-state index in [9.17, 15) is 14.5 Å². The Morgan fingerprint density at radius 1 is 1.58 bits per heavy atom. The third kappa shape index (κ3) is 3.40. The molecule has 2 aromatic rings. The lowest BCUT2D eigenvalue weighted by Gasteiger charge is -2.07. The van der Waals surface area contributed by atoms with Gasteiger partial charge in [0.05, 0.1) is 27.7 Å². The number of thiazole rings is 1. The molecule has 0 aliphatic rings. The number of nitrogens with one attached hydrogen (secondary N) is 1. The molecule has 0 atom stereocenters. The number of halogens is 3. The molecule has 9 heteroatoms. The van der Waals surface area contributed by atoms with E-state index in [1.54, 1.807) is 6.20 Å². The van der Waals surface area contributed by atoms with Gasteiger partial charge in [0.2, 0.25) is 0 Å². The molecule has 1 N–H and O–H groups in total. The van der Waals surface area contributed by atoms with Gasteiger partial charge in [0, 0.05) is 11.1 Å². The Morgan fingerprint density at radius 2 is 2.32 bits per heavy atom. The Kier molecular flexibility index (Phi) is 4.33. The van der Waals surface area contributed by atoms with Crippen molar-refractivity contribution >= 4 is 50.2 Å². The van der Waals surface area contributed by atoms with E-state index in [4.69, 9.17) is 11.6 Å². The van der Waals surface area contributed by atoms with E-state index < -0.39 is 10.7 Å². The van der Waals surface area contributed by atoms with Crippen molar-refractivity contribution in [2.24, 2.45) is 0 Å². The van der Waals surface area contributed by atoms with Crippen molar-refractivity contribution in [1.29, 1.82) is 0 Å². The van der Waals surface area contributed by atoms with Crippen LogP contribution in [0, 0.1) is 15.9 Å². The summed E-state index contributed by atoms with van der Waals surface area (Å²) in [7, 11) is 0. The van der Waals surface area contributed by atoms with Gasteiger partial charge in [-0.25, -0.2) is 9.37 Å². The van der Waals surface area contributed by atoms with Crippen molar-refractivity contribution in [2.45, 2.75) is 6.54 Å². The molecule has 19 heavy (non-hydrogen) atoms. The molecule has 0 unspecified atom stereocenters. The molecule has 0 radical (unpaired) electrons. The van der Waals surface area contributed by atoms with Crippen molar-refractivity contribution in [1.82, 2.24) is 4.98 Å². The lowest BCUT2D eigenvalue weighted by atomic mass is 10.2. The highest BCUT2D eigenvalue weighted by Crippen LogP contribution is 2.31. The van der Waals surface area contributed by atoms with Crippen LogP contribution in [-0.2, 0) is 6.54 Å². The predicted octanol–water partition coefficient (Wildman–Crippen LogP) is 4.22. The fourth-order valence-corrected chi connectivity index (χ4v) is 2.77. The van der Waals surface area contributed by atoms with Gasteiger partial charge >= 0.3 is 0 Å². The Morgan fingerprint density at radius 3 is 2.89 bits per heavy atom. The summed E-state index contributed by atoms with van der Waals surface area (Å²) < 4.78 is 14.3. The summed E-state index contributed by atoms with van der Waals surface area (Å²) >= 11 is 9.98. The van der Waals surface area contributed by atoms with E-state index in [2.05, 4.69) is 26.2 Å². The Bertz CT molecular complexity index is 637. The second-order valence-electron chi connectivity index (χ2n) is 3.47. The zero-order valence-electron chi connectivity index (χ0n) is 9.19. The third-order valence-electron chi connectivity index (χ3n) is 2.21. The number of benzene rings is 1.